The number of thiazole rings is 1. The first kappa shape index (κ1) is 17.5. The molecule has 0 saturated carbocycles. The zero-order chi connectivity index (χ0) is 16.7. The Morgan fingerprint density at radius 1 is 1.39 bits per heavy atom. The molecule has 0 spiro atoms. The van der Waals surface area contributed by atoms with Crippen LogP contribution in [0.5, 0.6) is 0 Å². The van der Waals surface area contributed by atoms with Crippen molar-refractivity contribution < 1.29 is 0 Å². The minimum Gasteiger partial charge on any atom is -0.357 e. The Labute approximate surface area is 142 Å². The van der Waals surface area contributed by atoms with Crippen LogP contribution in [0, 0.1) is 0 Å². The fourth-order valence-corrected chi connectivity index (χ4v) is 3.11. The van der Waals surface area contributed by atoms with Crippen LogP contribution in [-0.4, -0.2) is 45.8 Å². The van der Waals surface area contributed by atoms with Crippen LogP contribution in [-0.2, 0) is 26.4 Å². The number of hydrogen-bond donors (Lipinski definition) is 1. The molecule has 0 aliphatic rings. The molecule has 2 aromatic heterocycles. The van der Waals surface area contributed by atoms with E-state index in [-0.39, 0.29) is 0 Å². The average molecular weight is 334 g/mol. The monoisotopic (exact) mass is 334 g/mol. The molecule has 0 radical (unpaired) electrons. The zero-order valence-electron chi connectivity index (χ0n) is 14.4. The van der Waals surface area contributed by atoms with Crippen molar-refractivity contribution in [3.05, 3.63) is 34.0 Å². The summed E-state index contributed by atoms with van der Waals surface area (Å²) in [7, 11) is 3.98. The van der Waals surface area contributed by atoms with E-state index in [1.807, 2.05) is 37.4 Å². The molecular weight excluding hydrogens is 308 g/mol. The van der Waals surface area contributed by atoms with Crippen LogP contribution in [0.2, 0.25) is 0 Å². The van der Waals surface area contributed by atoms with E-state index in [9.17, 15) is 0 Å². The van der Waals surface area contributed by atoms with E-state index >= 15 is 0 Å². The molecule has 0 aliphatic carbocycles. The number of aromatic nitrogens is 3. The summed E-state index contributed by atoms with van der Waals surface area (Å²) in [6, 6.07) is 0. The molecule has 0 unspecified atom stereocenters. The van der Waals surface area contributed by atoms with Crippen LogP contribution < -0.4 is 5.32 Å². The van der Waals surface area contributed by atoms with Crippen molar-refractivity contribution in [1.82, 2.24) is 25.0 Å². The number of rotatable bonds is 7. The fraction of sp³-hybridized carbons (Fsp3) is 0.562. The quantitative estimate of drug-likeness (QED) is 0.622. The topological polar surface area (TPSA) is 58.3 Å². The summed E-state index contributed by atoms with van der Waals surface area (Å²) in [6.45, 7) is 6.63. The first-order valence-electron chi connectivity index (χ1n) is 8.03. The number of guanidine groups is 1. The largest absolute Gasteiger partial charge is 0.357 e. The van der Waals surface area contributed by atoms with Crippen LogP contribution in [0.1, 0.15) is 29.3 Å². The van der Waals surface area contributed by atoms with Gasteiger partial charge < -0.3 is 10.2 Å². The summed E-state index contributed by atoms with van der Waals surface area (Å²) in [4.78, 5) is 12.6. The molecule has 0 atom stereocenters. The lowest BCUT2D eigenvalue weighted by Crippen LogP contribution is -2.38. The van der Waals surface area contributed by atoms with Gasteiger partial charge in [0.25, 0.3) is 0 Å². The van der Waals surface area contributed by atoms with Gasteiger partial charge in [-0.25, -0.2) is 4.98 Å². The Hall–Kier alpha value is -1.89. The number of nitrogens with zero attached hydrogens (tertiary/aromatic N) is 5. The van der Waals surface area contributed by atoms with Crippen molar-refractivity contribution in [2.24, 2.45) is 12.0 Å². The Morgan fingerprint density at radius 3 is 2.83 bits per heavy atom. The van der Waals surface area contributed by atoms with Gasteiger partial charge in [-0.3, -0.25) is 9.67 Å². The minimum absolute atomic E-state index is 0.746. The fourth-order valence-electron chi connectivity index (χ4n) is 2.26. The zero-order valence-corrected chi connectivity index (χ0v) is 15.2. The van der Waals surface area contributed by atoms with Gasteiger partial charge in [0.1, 0.15) is 0 Å². The molecule has 0 fully saturated rings. The molecule has 7 heteroatoms. The summed E-state index contributed by atoms with van der Waals surface area (Å²) in [5, 5.41) is 8.72. The van der Waals surface area contributed by atoms with Crippen molar-refractivity contribution in [2.75, 3.05) is 20.1 Å². The SMILES string of the molecule is CCNC(=NCCc1ncc(CC)s1)N(C)Cc1cnn(C)c1. The smallest absolute Gasteiger partial charge is 0.193 e. The maximum Gasteiger partial charge on any atom is 0.193 e. The molecule has 1 N–H and O–H groups in total. The van der Waals surface area contributed by atoms with Gasteiger partial charge in [-0.15, -0.1) is 11.3 Å². The van der Waals surface area contributed by atoms with E-state index in [0.717, 1.165) is 43.4 Å². The normalized spacial score (nSPS) is 11.7. The Morgan fingerprint density at radius 2 is 2.22 bits per heavy atom. The lowest BCUT2D eigenvalue weighted by molar-refractivity contribution is 0.477. The van der Waals surface area contributed by atoms with Crippen molar-refractivity contribution >= 4 is 17.3 Å². The summed E-state index contributed by atoms with van der Waals surface area (Å²) in [5.41, 5.74) is 1.17. The van der Waals surface area contributed by atoms with Gasteiger partial charge in [-0.05, 0) is 13.3 Å². The molecule has 0 bridgehead atoms. The third kappa shape index (κ3) is 5.35. The van der Waals surface area contributed by atoms with Crippen LogP contribution >= 0.6 is 11.3 Å². The summed E-state index contributed by atoms with van der Waals surface area (Å²) < 4.78 is 1.82. The van der Waals surface area contributed by atoms with Gasteiger partial charge >= 0.3 is 0 Å². The number of hydrogen-bond acceptors (Lipinski definition) is 4. The van der Waals surface area contributed by atoms with Crippen LogP contribution in [0.3, 0.4) is 0 Å². The summed E-state index contributed by atoms with van der Waals surface area (Å²) >= 11 is 1.79. The Bertz CT molecular complexity index is 630. The maximum absolute atomic E-state index is 4.72. The highest BCUT2D eigenvalue weighted by atomic mass is 32.1. The molecule has 0 aliphatic heterocycles. The number of nitrogens with one attached hydrogen (secondary N) is 1. The second kappa shape index (κ2) is 8.67. The third-order valence-electron chi connectivity index (χ3n) is 3.41. The van der Waals surface area contributed by atoms with Gasteiger partial charge in [-0.2, -0.15) is 5.10 Å². The van der Waals surface area contributed by atoms with Crippen LogP contribution in [0.15, 0.2) is 23.6 Å². The molecular formula is C16H26N6S. The summed E-state index contributed by atoms with van der Waals surface area (Å²) in [5.74, 6) is 0.920. The predicted octanol–water partition coefficient (Wildman–Crippen LogP) is 2.08. The first-order chi connectivity index (χ1) is 11.1. The van der Waals surface area contributed by atoms with Crippen molar-refractivity contribution in [3.63, 3.8) is 0 Å². The van der Waals surface area contributed by atoms with Gasteiger partial charge in [0.2, 0.25) is 0 Å². The van der Waals surface area contributed by atoms with E-state index in [1.54, 1.807) is 11.3 Å². The molecule has 0 aromatic carbocycles. The van der Waals surface area contributed by atoms with Gasteiger partial charge in [0.05, 0.1) is 11.2 Å². The van der Waals surface area contributed by atoms with E-state index in [0.29, 0.717) is 0 Å². The van der Waals surface area contributed by atoms with Gasteiger partial charge in [0.15, 0.2) is 5.96 Å². The Balaban J connectivity index is 1.92. The molecule has 2 heterocycles. The van der Waals surface area contributed by atoms with Crippen molar-refractivity contribution in [3.8, 4) is 0 Å². The summed E-state index contributed by atoms with van der Waals surface area (Å²) in [6.07, 6.45) is 7.84. The van der Waals surface area contributed by atoms with Gasteiger partial charge in [0, 0.05) is 63.0 Å². The maximum atomic E-state index is 4.72. The van der Waals surface area contributed by atoms with Gasteiger partial charge in [-0.1, -0.05) is 6.92 Å². The molecule has 6 nitrogen and oxygen atoms in total. The van der Waals surface area contributed by atoms with E-state index in [2.05, 4.69) is 34.1 Å². The highest BCUT2D eigenvalue weighted by molar-refractivity contribution is 7.11. The molecule has 2 aromatic rings. The predicted molar refractivity (Wildman–Crippen MR) is 95.8 cm³/mol. The molecule has 23 heavy (non-hydrogen) atoms. The highest BCUT2D eigenvalue weighted by Crippen LogP contribution is 2.13. The van der Waals surface area contributed by atoms with E-state index in [4.69, 9.17) is 4.99 Å². The standard InChI is InChI=1S/C16H26N6S/c1-5-14-10-19-15(23-14)7-8-18-16(17-6-2)21(3)11-13-9-20-22(4)12-13/h9-10,12H,5-8,11H2,1-4H3,(H,17,18). The van der Waals surface area contributed by atoms with Crippen LogP contribution in [0.4, 0.5) is 0 Å². The first-order valence-corrected chi connectivity index (χ1v) is 8.84. The second-order valence-corrected chi connectivity index (χ2v) is 6.64. The van der Waals surface area contributed by atoms with E-state index in [1.165, 1.54) is 10.4 Å². The molecule has 0 saturated heterocycles. The molecule has 0 amide bonds. The number of aliphatic imine (C=N–C) groups is 1. The lowest BCUT2D eigenvalue weighted by Gasteiger charge is -2.21. The van der Waals surface area contributed by atoms with Crippen molar-refractivity contribution in [2.45, 2.75) is 33.2 Å². The van der Waals surface area contributed by atoms with E-state index < -0.39 is 0 Å². The van der Waals surface area contributed by atoms with Crippen molar-refractivity contribution in [1.29, 1.82) is 0 Å². The highest BCUT2D eigenvalue weighted by Gasteiger charge is 2.08. The number of aryl methyl sites for hydroxylation is 2. The molecule has 2 rings (SSSR count). The third-order valence-corrected chi connectivity index (χ3v) is 4.61. The minimum atomic E-state index is 0.746. The lowest BCUT2D eigenvalue weighted by atomic mass is 10.3. The van der Waals surface area contributed by atoms with Crippen LogP contribution in [0.25, 0.3) is 0 Å². The molecule has 126 valence electrons. The second-order valence-electron chi connectivity index (χ2n) is 5.44. The Kier molecular flexibility index (Phi) is 6.58. The average Bonchev–Trinajstić information content (AvgIpc) is 3.15.